The second-order valence-electron chi connectivity index (χ2n) is 3.97. The van der Waals surface area contributed by atoms with E-state index in [-0.39, 0.29) is 0 Å². The molecule has 0 aliphatic carbocycles. The molecule has 0 aliphatic rings. The van der Waals surface area contributed by atoms with Gasteiger partial charge in [0.15, 0.2) is 0 Å². The minimum Gasteiger partial charge on any atom is -0.488 e. The van der Waals surface area contributed by atoms with Crippen molar-refractivity contribution in [1.29, 1.82) is 0 Å². The van der Waals surface area contributed by atoms with E-state index in [1.807, 2.05) is 30.3 Å². The van der Waals surface area contributed by atoms with Crippen molar-refractivity contribution in [1.82, 2.24) is 0 Å². The monoisotopic (exact) mass is 359 g/mol. The molecule has 0 amide bonds. The maximum absolute atomic E-state index is 6.11. The molecule has 0 saturated carbocycles. The lowest BCUT2D eigenvalue weighted by atomic mass is 10.2. The average molecular weight is 361 g/mol. The third-order valence-corrected chi connectivity index (χ3v) is 4.12. The molecule has 19 heavy (non-hydrogen) atoms. The molecule has 0 saturated heterocycles. The third-order valence-electron chi connectivity index (χ3n) is 2.65. The fourth-order valence-electron chi connectivity index (χ4n) is 1.60. The lowest BCUT2D eigenvalue weighted by Crippen LogP contribution is -1.99. The predicted molar refractivity (Wildman–Crippen MR) is 82.8 cm³/mol. The molecule has 2 rings (SSSR count). The summed E-state index contributed by atoms with van der Waals surface area (Å²) < 4.78 is 6.60. The van der Waals surface area contributed by atoms with Crippen molar-refractivity contribution in [2.24, 2.45) is 5.73 Å². The van der Waals surface area contributed by atoms with Gasteiger partial charge in [-0.25, -0.2) is 0 Å². The summed E-state index contributed by atoms with van der Waals surface area (Å²) >= 11 is 15.5. The molecule has 0 unspecified atom stereocenters. The van der Waals surface area contributed by atoms with Crippen molar-refractivity contribution in [3.8, 4) is 5.75 Å². The van der Waals surface area contributed by atoms with Gasteiger partial charge in [-0.3, -0.25) is 0 Å². The standard InChI is InChI=1S/C14H12BrCl2NO/c15-11-6-9(7-18)4-5-13(11)19-8-10-2-1-3-12(16)14(10)17/h1-6H,7-8,18H2. The first kappa shape index (κ1) is 14.7. The molecule has 0 fully saturated rings. The van der Waals surface area contributed by atoms with Crippen molar-refractivity contribution in [3.05, 3.63) is 62.0 Å². The van der Waals surface area contributed by atoms with Crippen LogP contribution < -0.4 is 10.5 Å². The summed E-state index contributed by atoms with van der Waals surface area (Å²) in [6.45, 7) is 0.860. The van der Waals surface area contributed by atoms with Gasteiger partial charge in [0.1, 0.15) is 12.4 Å². The van der Waals surface area contributed by atoms with Gasteiger partial charge < -0.3 is 10.5 Å². The molecule has 5 heteroatoms. The first-order valence-corrected chi connectivity index (χ1v) is 7.21. The molecule has 2 aromatic carbocycles. The number of benzene rings is 2. The Balaban J connectivity index is 2.12. The lowest BCUT2D eigenvalue weighted by molar-refractivity contribution is 0.304. The quantitative estimate of drug-likeness (QED) is 0.850. The Hall–Kier alpha value is -0.740. The van der Waals surface area contributed by atoms with Crippen LogP contribution in [0.2, 0.25) is 10.0 Å². The molecule has 0 aromatic heterocycles. The largest absolute Gasteiger partial charge is 0.488 e. The molecular formula is C14H12BrCl2NO. The van der Waals surface area contributed by atoms with Crippen LogP contribution in [-0.2, 0) is 13.2 Å². The summed E-state index contributed by atoms with van der Waals surface area (Å²) in [4.78, 5) is 0. The minimum absolute atomic E-state index is 0.361. The van der Waals surface area contributed by atoms with Crippen molar-refractivity contribution >= 4 is 39.1 Å². The zero-order chi connectivity index (χ0) is 13.8. The second-order valence-corrected chi connectivity index (χ2v) is 5.61. The van der Waals surface area contributed by atoms with Crippen LogP contribution in [0.5, 0.6) is 5.75 Å². The van der Waals surface area contributed by atoms with Crippen molar-refractivity contribution in [3.63, 3.8) is 0 Å². The summed E-state index contributed by atoms with van der Waals surface area (Å²) in [5.41, 5.74) is 7.47. The van der Waals surface area contributed by atoms with E-state index in [2.05, 4.69) is 15.9 Å². The Kier molecular flexibility index (Phi) is 5.11. The number of ether oxygens (including phenoxy) is 1. The molecule has 2 nitrogen and oxygen atoms in total. The number of hydrogen-bond donors (Lipinski definition) is 1. The lowest BCUT2D eigenvalue weighted by Gasteiger charge is -2.11. The van der Waals surface area contributed by atoms with Crippen LogP contribution in [0.3, 0.4) is 0 Å². The maximum atomic E-state index is 6.11. The summed E-state index contributed by atoms with van der Waals surface area (Å²) in [5.74, 6) is 0.744. The highest BCUT2D eigenvalue weighted by atomic mass is 79.9. The smallest absolute Gasteiger partial charge is 0.134 e. The molecule has 2 aromatic rings. The van der Waals surface area contributed by atoms with Gasteiger partial charge in [0.05, 0.1) is 14.5 Å². The number of hydrogen-bond acceptors (Lipinski definition) is 2. The van der Waals surface area contributed by atoms with E-state index in [1.54, 1.807) is 6.07 Å². The minimum atomic E-state index is 0.361. The van der Waals surface area contributed by atoms with E-state index in [0.29, 0.717) is 23.2 Å². The Morgan fingerprint density at radius 3 is 2.63 bits per heavy atom. The zero-order valence-corrected chi connectivity index (χ0v) is 13.1. The average Bonchev–Trinajstić information content (AvgIpc) is 2.41. The van der Waals surface area contributed by atoms with E-state index >= 15 is 0 Å². The Labute approximate surface area is 130 Å². The molecule has 0 atom stereocenters. The SMILES string of the molecule is NCc1ccc(OCc2cccc(Cl)c2Cl)c(Br)c1. The number of nitrogens with two attached hydrogens (primary N) is 1. The summed E-state index contributed by atoms with van der Waals surface area (Å²) in [7, 11) is 0. The van der Waals surface area contributed by atoms with Crippen LogP contribution in [-0.4, -0.2) is 0 Å². The topological polar surface area (TPSA) is 35.2 Å². The van der Waals surface area contributed by atoms with Crippen molar-refractivity contribution in [2.75, 3.05) is 0 Å². The molecule has 0 radical (unpaired) electrons. The van der Waals surface area contributed by atoms with E-state index in [1.165, 1.54) is 0 Å². The summed E-state index contributed by atoms with van der Waals surface area (Å²) in [6, 6.07) is 11.2. The van der Waals surface area contributed by atoms with Gasteiger partial charge >= 0.3 is 0 Å². The maximum Gasteiger partial charge on any atom is 0.134 e. The predicted octanol–water partition coefficient (Wildman–Crippen LogP) is 4.79. The molecule has 0 heterocycles. The van der Waals surface area contributed by atoms with E-state index in [0.717, 1.165) is 21.3 Å². The molecular weight excluding hydrogens is 349 g/mol. The van der Waals surface area contributed by atoms with Gasteiger partial charge in [-0.2, -0.15) is 0 Å². The Morgan fingerprint density at radius 2 is 1.95 bits per heavy atom. The Morgan fingerprint density at radius 1 is 1.16 bits per heavy atom. The van der Waals surface area contributed by atoms with Crippen LogP contribution >= 0.6 is 39.1 Å². The highest BCUT2D eigenvalue weighted by Crippen LogP contribution is 2.29. The Bertz CT molecular complexity index is 590. The van der Waals surface area contributed by atoms with E-state index in [9.17, 15) is 0 Å². The van der Waals surface area contributed by atoms with Gasteiger partial charge in [0, 0.05) is 12.1 Å². The molecule has 0 bridgehead atoms. The highest BCUT2D eigenvalue weighted by molar-refractivity contribution is 9.10. The second kappa shape index (κ2) is 6.62. The van der Waals surface area contributed by atoms with Gasteiger partial charge in [-0.15, -0.1) is 0 Å². The van der Waals surface area contributed by atoms with E-state index < -0.39 is 0 Å². The number of halogens is 3. The van der Waals surface area contributed by atoms with Crippen LogP contribution in [0, 0.1) is 0 Å². The third kappa shape index (κ3) is 3.63. The van der Waals surface area contributed by atoms with E-state index in [4.69, 9.17) is 33.7 Å². The van der Waals surface area contributed by atoms with Gasteiger partial charge in [-0.1, -0.05) is 41.4 Å². The number of rotatable bonds is 4. The molecule has 100 valence electrons. The van der Waals surface area contributed by atoms with Crippen molar-refractivity contribution in [2.45, 2.75) is 13.2 Å². The van der Waals surface area contributed by atoms with Crippen molar-refractivity contribution < 1.29 is 4.74 Å². The first-order chi connectivity index (χ1) is 9.11. The zero-order valence-electron chi connectivity index (χ0n) is 10.00. The fourth-order valence-corrected chi connectivity index (χ4v) is 2.52. The van der Waals surface area contributed by atoms with Crippen LogP contribution in [0.4, 0.5) is 0 Å². The first-order valence-electron chi connectivity index (χ1n) is 5.66. The van der Waals surface area contributed by atoms with Crippen LogP contribution in [0.15, 0.2) is 40.9 Å². The van der Waals surface area contributed by atoms with Crippen LogP contribution in [0.1, 0.15) is 11.1 Å². The fraction of sp³-hybridized carbons (Fsp3) is 0.143. The molecule has 0 aliphatic heterocycles. The summed E-state index contributed by atoms with van der Waals surface area (Å²) in [5, 5.41) is 1.05. The van der Waals surface area contributed by atoms with Crippen LogP contribution in [0.25, 0.3) is 0 Å². The molecule has 2 N–H and O–H groups in total. The van der Waals surface area contributed by atoms with Gasteiger partial charge in [0.25, 0.3) is 0 Å². The van der Waals surface area contributed by atoms with Gasteiger partial charge in [0.2, 0.25) is 0 Å². The normalized spacial score (nSPS) is 10.5. The summed E-state index contributed by atoms with van der Waals surface area (Å²) in [6.07, 6.45) is 0. The van der Waals surface area contributed by atoms with Gasteiger partial charge in [-0.05, 0) is 39.7 Å². The highest BCUT2D eigenvalue weighted by Gasteiger charge is 2.07. The molecule has 0 spiro atoms.